The molecule has 0 saturated carbocycles. The number of amides is 1. The maximum atomic E-state index is 11.7. The normalized spacial score (nSPS) is 14.6. The Hall–Kier alpha value is -1.42. The molecule has 0 heterocycles. The Morgan fingerprint density at radius 1 is 1.39 bits per heavy atom. The first-order valence-electron chi connectivity index (χ1n) is 6.19. The highest BCUT2D eigenvalue weighted by Gasteiger charge is 2.22. The summed E-state index contributed by atoms with van der Waals surface area (Å²) in [5.74, 6) is 0.244. The predicted octanol–water partition coefficient (Wildman–Crippen LogP) is 3.62. The second-order valence-corrected chi connectivity index (χ2v) is 5.79. The largest absolute Gasteiger partial charge is 0.444 e. The van der Waals surface area contributed by atoms with Crippen LogP contribution in [0.4, 0.5) is 4.79 Å². The molecule has 0 unspecified atom stereocenters. The minimum Gasteiger partial charge on any atom is -0.444 e. The summed E-state index contributed by atoms with van der Waals surface area (Å²) in [6.07, 6.45) is 0.162. The molecule has 0 aliphatic rings. The summed E-state index contributed by atoms with van der Waals surface area (Å²) in [7, 11) is 0. The van der Waals surface area contributed by atoms with Gasteiger partial charge in [0.1, 0.15) is 5.60 Å². The molecule has 2 atom stereocenters. The van der Waals surface area contributed by atoms with Crippen molar-refractivity contribution in [1.29, 1.82) is 0 Å². The molecule has 18 heavy (non-hydrogen) atoms. The second kappa shape index (κ2) is 7.11. The average molecular weight is 256 g/mol. The van der Waals surface area contributed by atoms with Crippen LogP contribution in [0.2, 0.25) is 0 Å². The van der Waals surface area contributed by atoms with Crippen LogP contribution in [0.5, 0.6) is 0 Å². The SMILES string of the molecule is CC(C)[C@@H](C[C@@H](C)N=[N+]=[N-])NC(=O)OC(C)(C)C. The third-order valence-electron chi connectivity index (χ3n) is 2.35. The van der Waals surface area contributed by atoms with Crippen molar-refractivity contribution in [2.45, 2.75) is 65.6 Å². The molecular formula is C12H24N4O2. The zero-order valence-electron chi connectivity index (χ0n) is 12.1. The van der Waals surface area contributed by atoms with E-state index in [4.69, 9.17) is 10.3 Å². The van der Waals surface area contributed by atoms with Gasteiger partial charge in [-0.15, -0.1) is 0 Å². The smallest absolute Gasteiger partial charge is 0.407 e. The van der Waals surface area contributed by atoms with E-state index >= 15 is 0 Å². The molecule has 0 aromatic carbocycles. The van der Waals surface area contributed by atoms with Crippen LogP contribution in [0.15, 0.2) is 5.11 Å². The Kier molecular flexibility index (Phi) is 6.55. The van der Waals surface area contributed by atoms with Crippen LogP contribution in [0, 0.1) is 5.92 Å². The lowest BCUT2D eigenvalue weighted by atomic mass is 9.98. The van der Waals surface area contributed by atoms with Crippen LogP contribution < -0.4 is 5.32 Å². The minimum absolute atomic E-state index is 0.0691. The molecule has 0 aromatic heterocycles. The van der Waals surface area contributed by atoms with Gasteiger partial charge in [0.15, 0.2) is 0 Å². The summed E-state index contributed by atoms with van der Waals surface area (Å²) < 4.78 is 5.21. The quantitative estimate of drug-likeness (QED) is 0.462. The van der Waals surface area contributed by atoms with E-state index in [1.54, 1.807) is 0 Å². The number of nitrogens with one attached hydrogen (secondary N) is 1. The van der Waals surface area contributed by atoms with E-state index in [9.17, 15) is 4.79 Å². The van der Waals surface area contributed by atoms with Crippen molar-refractivity contribution in [3.05, 3.63) is 10.4 Å². The van der Waals surface area contributed by atoms with Gasteiger partial charge in [-0.05, 0) is 38.6 Å². The summed E-state index contributed by atoms with van der Waals surface area (Å²) in [6.45, 7) is 11.3. The molecule has 0 fully saturated rings. The van der Waals surface area contributed by atoms with E-state index in [1.807, 2.05) is 41.5 Å². The Morgan fingerprint density at radius 2 is 1.94 bits per heavy atom. The van der Waals surface area contributed by atoms with Crippen molar-refractivity contribution in [3.8, 4) is 0 Å². The summed E-state index contributed by atoms with van der Waals surface area (Å²) in [4.78, 5) is 14.4. The lowest BCUT2D eigenvalue weighted by Crippen LogP contribution is -2.43. The Bertz CT molecular complexity index is 317. The zero-order valence-corrected chi connectivity index (χ0v) is 12.1. The van der Waals surface area contributed by atoms with Gasteiger partial charge in [0.05, 0.1) is 0 Å². The molecular weight excluding hydrogens is 232 g/mol. The molecule has 0 spiro atoms. The van der Waals surface area contributed by atoms with Crippen molar-refractivity contribution in [1.82, 2.24) is 5.32 Å². The van der Waals surface area contributed by atoms with Crippen molar-refractivity contribution < 1.29 is 9.53 Å². The summed E-state index contributed by atoms with van der Waals surface area (Å²) in [6, 6.07) is -0.224. The lowest BCUT2D eigenvalue weighted by molar-refractivity contribution is 0.0485. The fourth-order valence-electron chi connectivity index (χ4n) is 1.46. The van der Waals surface area contributed by atoms with Gasteiger partial charge in [0.25, 0.3) is 0 Å². The monoisotopic (exact) mass is 256 g/mol. The molecule has 0 aliphatic heterocycles. The highest BCUT2D eigenvalue weighted by molar-refractivity contribution is 5.68. The number of carbonyl (C=O) groups is 1. The zero-order chi connectivity index (χ0) is 14.3. The topological polar surface area (TPSA) is 87.1 Å². The third-order valence-corrected chi connectivity index (χ3v) is 2.35. The number of alkyl carbamates (subject to hydrolysis) is 1. The molecule has 0 aromatic rings. The maximum absolute atomic E-state index is 11.7. The number of ether oxygens (including phenoxy) is 1. The van der Waals surface area contributed by atoms with E-state index in [1.165, 1.54) is 0 Å². The Balaban J connectivity index is 4.45. The standard InChI is InChI=1S/C12H24N4O2/c1-8(2)10(7-9(3)15-16-13)14-11(17)18-12(4,5)6/h8-10H,7H2,1-6H3,(H,14,17)/t9-,10-/m1/s1. The van der Waals surface area contributed by atoms with Crippen molar-refractivity contribution in [2.75, 3.05) is 0 Å². The van der Waals surface area contributed by atoms with Gasteiger partial charge in [-0.25, -0.2) is 4.79 Å². The molecule has 0 rings (SSSR count). The maximum Gasteiger partial charge on any atom is 0.407 e. The number of hydrogen-bond acceptors (Lipinski definition) is 3. The molecule has 0 bridgehead atoms. The second-order valence-electron chi connectivity index (χ2n) is 5.79. The molecule has 0 saturated heterocycles. The molecule has 6 heteroatoms. The van der Waals surface area contributed by atoms with Gasteiger partial charge in [0, 0.05) is 17.0 Å². The first-order chi connectivity index (χ1) is 8.15. The molecule has 0 aliphatic carbocycles. The summed E-state index contributed by atoms with van der Waals surface area (Å²) in [5.41, 5.74) is 7.86. The van der Waals surface area contributed by atoms with Gasteiger partial charge in [0.2, 0.25) is 0 Å². The van der Waals surface area contributed by atoms with Gasteiger partial charge >= 0.3 is 6.09 Å². The summed E-state index contributed by atoms with van der Waals surface area (Å²) in [5, 5.41) is 6.43. The van der Waals surface area contributed by atoms with Gasteiger partial charge < -0.3 is 10.1 Å². The molecule has 104 valence electrons. The number of hydrogen-bond donors (Lipinski definition) is 1. The molecule has 0 radical (unpaired) electrons. The van der Waals surface area contributed by atoms with Crippen LogP contribution in [0.1, 0.15) is 48.0 Å². The number of nitrogens with zero attached hydrogens (tertiary/aromatic N) is 3. The van der Waals surface area contributed by atoms with Crippen molar-refractivity contribution in [3.63, 3.8) is 0 Å². The fraction of sp³-hybridized carbons (Fsp3) is 0.917. The predicted molar refractivity (Wildman–Crippen MR) is 71.2 cm³/mol. The van der Waals surface area contributed by atoms with Crippen molar-refractivity contribution in [2.24, 2.45) is 11.0 Å². The van der Waals surface area contributed by atoms with Gasteiger partial charge in [-0.1, -0.05) is 25.9 Å². The molecule has 6 nitrogen and oxygen atoms in total. The van der Waals surface area contributed by atoms with E-state index in [2.05, 4.69) is 15.3 Å². The first-order valence-corrected chi connectivity index (χ1v) is 6.19. The van der Waals surface area contributed by atoms with Crippen molar-refractivity contribution >= 4 is 6.09 Å². The van der Waals surface area contributed by atoms with E-state index < -0.39 is 11.7 Å². The molecule has 1 N–H and O–H groups in total. The van der Waals surface area contributed by atoms with Crippen LogP contribution in [0.25, 0.3) is 10.4 Å². The lowest BCUT2D eigenvalue weighted by Gasteiger charge is -2.26. The molecule has 1 amide bonds. The number of carbonyl (C=O) groups excluding carboxylic acids is 1. The van der Waals surface area contributed by atoms with Crippen LogP contribution >= 0.6 is 0 Å². The number of rotatable bonds is 5. The number of azide groups is 1. The van der Waals surface area contributed by atoms with E-state index in [0.29, 0.717) is 6.42 Å². The van der Waals surface area contributed by atoms with Gasteiger partial charge in [-0.2, -0.15) is 0 Å². The Labute approximate surface area is 109 Å². The van der Waals surface area contributed by atoms with Crippen LogP contribution in [-0.2, 0) is 4.74 Å². The first kappa shape index (κ1) is 16.6. The highest BCUT2D eigenvalue weighted by Crippen LogP contribution is 2.13. The fourth-order valence-corrected chi connectivity index (χ4v) is 1.46. The minimum atomic E-state index is -0.512. The Morgan fingerprint density at radius 3 is 2.33 bits per heavy atom. The van der Waals surface area contributed by atoms with Gasteiger partial charge in [-0.3, -0.25) is 0 Å². The van der Waals surface area contributed by atoms with E-state index in [-0.39, 0.29) is 18.0 Å². The van der Waals surface area contributed by atoms with E-state index in [0.717, 1.165) is 0 Å². The van der Waals surface area contributed by atoms with Crippen LogP contribution in [-0.4, -0.2) is 23.8 Å². The average Bonchev–Trinajstić information content (AvgIpc) is 2.13. The third kappa shape index (κ3) is 7.79. The van der Waals surface area contributed by atoms with Crippen LogP contribution in [0.3, 0.4) is 0 Å². The summed E-state index contributed by atoms with van der Waals surface area (Å²) >= 11 is 0. The highest BCUT2D eigenvalue weighted by atomic mass is 16.6.